The molecule has 5 N–H and O–H groups in total. The zero-order valence-corrected chi connectivity index (χ0v) is 16.4. The number of aromatic amines is 1. The van der Waals surface area contributed by atoms with E-state index in [1.165, 1.54) is 18.2 Å². The highest BCUT2D eigenvalue weighted by Crippen LogP contribution is 2.32. The number of aliphatic imine (C=N–C) groups is 1. The fourth-order valence-electron chi connectivity index (χ4n) is 2.80. The van der Waals surface area contributed by atoms with E-state index in [9.17, 15) is 14.3 Å². The molecule has 0 saturated carbocycles. The van der Waals surface area contributed by atoms with E-state index in [1.54, 1.807) is 30.7 Å². The van der Waals surface area contributed by atoms with E-state index >= 15 is 0 Å². The molecular weight excluding hydrogens is 387 g/mol. The van der Waals surface area contributed by atoms with Crippen molar-refractivity contribution in [3.8, 4) is 16.9 Å². The summed E-state index contributed by atoms with van der Waals surface area (Å²) in [6.45, 7) is 2.96. The van der Waals surface area contributed by atoms with Gasteiger partial charge in [0.2, 0.25) is 0 Å². The third kappa shape index (κ3) is 5.34. The standard InChI is InChI=1S/C21H23FN6O2/c1-2-8-23-13-24-9-3-10-25-21(30)26-20-16-6-4-14(11-18(16)27-28-20)17-12-15(22)5-7-19(17)29/h2,4-8,11-13,29H,3,9-10H2,1H3,(H,23,24)(H3,25,26,27,28,30)/b8-2-. The lowest BCUT2D eigenvalue weighted by atomic mass is 10.0. The minimum atomic E-state index is -0.439. The quantitative estimate of drug-likeness (QED) is 0.221. The normalized spacial score (nSPS) is 11.4. The monoisotopic (exact) mass is 410 g/mol. The van der Waals surface area contributed by atoms with Crippen LogP contribution in [0.15, 0.2) is 53.7 Å². The molecule has 3 rings (SSSR count). The first-order valence-electron chi connectivity index (χ1n) is 9.46. The fraction of sp³-hybridized carbons (Fsp3) is 0.190. The SMILES string of the molecule is C/C=C\NC=NCCCNC(=O)Nc1n[nH]c2cc(-c3cc(F)ccc3O)ccc12. The highest BCUT2D eigenvalue weighted by Gasteiger charge is 2.12. The van der Waals surface area contributed by atoms with Gasteiger partial charge in [0.25, 0.3) is 0 Å². The van der Waals surface area contributed by atoms with Crippen LogP contribution in [-0.4, -0.2) is 40.8 Å². The van der Waals surface area contributed by atoms with E-state index in [0.29, 0.717) is 47.4 Å². The number of carbonyl (C=O) groups excluding carboxylic acids is 1. The third-order valence-electron chi connectivity index (χ3n) is 4.24. The average Bonchev–Trinajstić information content (AvgIpc) is 3.13. The highest BCUT2D eigenvalue weighted by atomic mass is 19.1. The molecule has 0 fully saturated rings. The van der Waals surface area contributed by atoms with Crippen LogP contribution in [0.1, 0.15) is 13.3 Å². The van der Waals surface area contributed by atoms with E-state index in [4.69, 9.17) is 0 Å². The summed E-state index contributed by atoms with van der Waals surface area (Å²) < 4.78 is 13.5. The van der Waals surface area contributed by atoms with Crippen molar-refractivity contribution in [1.29, 1.82) is 0 Å². The van der Waals surface area contributed by atoms with Crippen LogP contribution in [-0.2, 0) is 0 Å². The van der Waals surface area contributed by atoms with Crippen LogP contribution in [0, 0.1) is 5.82 Å². The van der Waals surface area contributed by atoms with Gasteiger partial charge in [-0.2, -0.15) is 5.10 Å². The third-order valence-corrected chi connectivity index (χ3v) is 4.24. The Balaban J connectivity index is 1.57. The summed E-state index contributed by atoms with van der Waals surface area (Å²) in [5.74, 6) is -0.0766. The number of halogens is 1. The van der Waals surface area contributed by atoms with Crippen molar-refractivity contribution in [2.75, 3.05) is 18.4 Å². The Morgan fingerprint density at radius 3 is 3.00 bits per heavy atom. The van der Waals surface area contributed by atoms with Crippen molar-refractivity contribution in [2.45, 2.75) is 13.3 Å². The predicted molar refractivity (Wildman–Crippen MR) is 116 cm³/mol. The number of benzene rings is 2. The minimum absolute atomic E-state index is 0.0186. The molecule has 0 spiro atoms. The molecule has 0 aliphatic carbocycles. The number of nitrogens with one attached hydrogen (secondary N) is 4. The molecule has 0 bridgehead atoms. The second kappa shape index (κ2) is 10.1. The molecular formula is C21H23FN6O2. The number of phenolic OH excluding ortho intramolecular Hbond substituents is 1. The van der Waals surface area contributed by atoms with Gasteiger partial charge in [0.15, 0.2) is 5.82 Å². The molecule has 2 aromatic carbocycles. The number of anilines is 1. The number of hydrogen-bond acceptors (Lipinski definition) is 4. The maximum absolute atomic E-state index is 13.5. The van der Waals surface area contributed by atoms with Crippen LogP contribution >= 0.6 is 0 Å². The van der Waals surface area contributed by atoms with Gasteiger partial charge in [-0.25, -0.2) is 9.18 Å². The maximum atomic E-state index is 13.5. The number of carbonyl (C=O) groups is 1. The van der Waals surface area contributed by atoms with Crippen molar-refractivity contribution in [3.63, 3.8) is 0 Å². The summed E-state index contributed by atoms with van der Waals surface area (Å²) in [6.07, 6.45) is 5.94. The average molecular weight is 410 g/mol. The van der Waals surface area contributed by atoms with E-state index in [-0.39, 0.29) is 11.8 Å². The van der Waals surface area contributed by atoms with Gasteiger partial charge < -0.3 is 15.7 Å². The van der Waals surface area contributed by atoms with Crippen LogP contribution in [0.25, 0.3) is 22.0 Å². The van der Waals surface area contributed by atoms with Gasteiger partial charge in [0.1, 0.15) is 11.6 Å². The molecule has 3 aromatic rings. The zero-order chi connectivity index (χ0) is 21.3. The van der Waals surface area contributed by atoms with Gasteiger partial charge in [-0.15, -0.1) is 0 Å². The molecule has 0 unspecified atom stereocenters. The number of rotatable bonds is 8. The van der Waals surface area contributed by atoms with E-state index < -0.39 is 5.82 Å². The van der Waals surface area contributed by atoms with Crippen molar-refractivity contribution in [2.24, 2.45) is 4.99 Å². The molecule has 2 amide bonds. The van der Waals surface area contributed by atoms with Crippen LogP contribution in [0.4, 0.5) is 15.0 Å². The topological polar surface area (TPSA) is 114 Å². The molecule has 30 heavy (non-hydrogen) atoms. The second-order valence-electron chi connectivity index (χ2n) is 6.43. The van der Waals surface area contributed by atoms with Crippen molar-refractivity contribution in [1.82, 2.24) is 20.8 Å². The van der Waals surface area contributed by atoms with E-state index in [2.05, 4.69) is 31.1 Å². The van der Waals surface area contributed by atoms with Crippen LogP contribution in [0.3, 0.4) is 0 Å². The zero-order valence-electron chi connectivity index (χ0n) is 16.4. The van der Waals surface area contributed by atoms with Crippen LogP contribution in [0.2, 0.25) is 0 Å². The molecule has 0 aliphatic heterocycles. The molecule has 9 heteroatoms. The molecule has 0 aliphatic rings. The number of hydrogen-bond donors (Lipinski definition) is 5. The lowest BCUT2D eigenvalue weighted by Gasteiger charge is -2.06. The van der Waals surface area contributed by atoms with E-state index in [1.807, 2.05) is 13.0 Å². The smallest absolute Gasteiger partial charge is 0.320 e. The summed E-state index contributed by atoms with van der Waals surface area (Å²) in [5, 5.41) is 26.0. The first-order valence-corrected chi connectivity index (χ1v) is 9.46. The van der Waals surface area contributed by atoms with Crippen molar-refractivity contribution >= 4 is 29.1 Å². The lowest BCUT2D eigenvalue weighted by Crippen LogP contribution is -2.30. The first-order chi connectivity index (χ1) is 14.6. The lowest BCUT2D eigenvalue weighted by molar-refractivity contribution is 0.252. The highest BCUT2D eigenvalue weighted by molar-refractivity contribution is 6.00. The Kier molecular flexibility index (Phi) is 6.99. The van der Waals surface area contributed by atoms with Gasteiger partial charge in [-0.1, -0.05) is 12.1 Å². The molecule has 0 atom stereocenters. The maximum Gasteiger partial charge on any atom is 0.320 e. The Labute approximate surface area is 172 Å². The number of nitrogens with zero attached hydrogens (tertiary/aromatic N) is 2. The molecule has 1 aromatic heterocycles. The summed E-state index contributed by atoms with van der Waals surface area (Å²) in [6, 6.07) is 8.62. The van der Waals surface area contributed by atoms with Gasteiger partial charge >= 0.3 is 6.03 Å². The number of aromatic nitrogens is 2. The van der Waals surface area contributed by atoms with Crippen LogP contribution < -0.4 is 16.0 Å². The molecule has 0 radical (unpaired) electrons. The second-order valence-corrected chi connectivity index (χ2v) is 6.43. The van der Waals surface area contributed by atoms with Crippen molar-refractivity contribution < 1.29 is 14.3 Å². The number of urea groups is 1. The Hall–Kier alpha value is -3.88. The Morgan fingerprint density at radius 2 is 2.17 bits per heavy atom. The Morgan fingerprint density at radius 1 is 1.30 bits per heavy atom. The predicted octanol–water partition coefficient (Wildman–Crippen LogP) is 3.74. The van der Waals surface area contributed by atoms with E-state index in [0.717, 1.165) is 0 Å². The van der Waals surface area contributed by atoms with Gasteiger partial charge in [0.05, 0.1) is 11.9 Å². The molecule has 1 heterocycles. The largest absolute Gasteiger partial charge is 0.507 e. The molecule has 156 valence electrons. The summed E-state index contributed by atoms with van der Waals surface area (Å²) in [7, 11) is 0. The number of fused-ring (bicyclic) bond motifs is 1. The summed E-state index contributed by atoms with van der Waals surface area (Å²) in [4.78, 5) is 16.2. The number of aromatic hydroxyl groups is 1. The summed E-state index contributed by atoms with van der Waals surface area (Å²) in [5.41, 5.74) is 1.65. The first kappa shape index (κ1) is 20.8. The minimum Gasteiger partial charge on any atom is -0.507 e. The van der Waals surface area contributed by atoms with Gasteiger partial charge in [-0.3, -0.25) is 15.4 Å². The fourth-order valence-corrected chi connectivity index (χ4v) is 2.80. The number of H-pyrrole nitrogens is 1. The van der Waals surface area contributed by atoms with Gasteiger partial charge in [-0.05, 0) is 55.4 Å². The number of allylic oxidation sites excluding steroid dienone is 1. The number of amides is 2. The number of phenols is 1. The Bertz CT molecular complexity index is 1080. The van der Waals surface area contributed by atoms with Gasteiger partial charge in [0, 0.05) is 24.0 Å². The summed E-state index contributed by atoms with van der Waals surface area (Å²) >= 11 is 0. The van der Waals surface area contributed by atoms with Crippen molar-refractivity contribution in [3.05, 3.63) is 54.5 Å². The molecule has 8 nitrogen and oxygen atoms in total. The van der Waals surface area contributed by atoms with Crippen LogP contribution in [0.5, 0.6) is 5.75 Å². The molecule has 0 saturated heterocycles.